The fraction of sp³-hybridized carbons (Fsp3) is 0.636. The molecule has 0 bridgehead atoms. The summed E-state index contributed by atoms with van der Waals surface area (Å²) in [5, 5.41) is 7.80. The zero-order valence-corrected chi connectivity index (χ0v) is 21.3. The highest BCUT2D eigenvalue weighted by molar-refractivity contribution is 7.92. The van der Waals surface area contributed by atoms with Crippen LogP contribution in [0.2, 0.25) is 5.02 Å². The largest absolute Gasteiger partial charge is 0.480 e. The Morgan fingerprint density at radius 2 is 1.66 bits per heavy atom. The Balaban J connectivity index is 1.50. The maximum absolute atomic E-state index is 13.5. The van der Waals surface area contributed by atoms with Gasteiger partial charge in [0.15, 0.2) is 9.84 Å². The van der Waals surface area contributed by atoms with Gasteiger partial charge in [0, 0.05) is 38.4 Å². The summed E-state index contributed by atoms with van der Waals surface area (Å²) in [5.74, 6) is -3.05. The van der Waals surface area contributed by atoms with Crippen LogP contribution in [0.25, 0.3) is 0 Å². The van der Waals surface area contributed by atoms with E-state index in [2.05, 4.69) is 0 Å². The summed E-state index contributed by atoms with van der Waals surface area (Å²) in [6, 6.07) is 2.16. The van der Waals surface area contributed by atoms with Crippen LogP contribution in [0.15, 0.2) is 23.1 Å². The van der Waals surface area contributed by atoms with E-state index in [0.717, 1.165) is 0 Å². The number of anilines is 1. The minimum atomic E-state index is -4.89. The summed E-state index contributed by atoms with van der Waals surface area (Å²) in [7, 11) is -4.36. The highest BCUT2D eigenvalue weighted by Gasteiger charge is 2.70. The lowest BCUT2D eigenvalue weighted by atomic mass is 10.0. The van der Waals surface area contributed by atoms with E-state index in [9.17, 15) is 49.5 Å². The molecule has 38 heavy (non-hydrogen) atoms. The van der Waals surface area contributed by atoms with E-state index in [-0.39, 0.29) is 36.1 Å². The first kappa shape index (κ1) is 28.7. The van der Waals surface area contributed by atoms with Crippen LogP contribution in [-0.2, 0) is 19.4 Å². The van der Waals surface area contributed by atoms with Crippen LogP contribution in [0.1, 0.15) is 19.3 Å². The third-order valence-electron chi connectivity index (χ3n) is 7.31. The number of carbonyl (C=O) groups excluding carboxylic acids is 1. The standard InChI is InChI=1S/C22H24ClF6N3O5S/c23-15-9-13(31-7-5-30(6-8-31)12-21(24,25)26)1-2-17(15)38(36,37)14-10-16(18(33)34)32(11-14)19(35)20(3-4-20)22(27,28)29/h1-2,9,14,16H,3-8,10-12H2,(H,33,34)/t14-,16+/m1/s1. The predicted molar refractivity (Wildman–Crippen MR) is 123 cm³/mol. The number of piperazine rings is 1. The van der Waals surface area contributed by atoms with E-state index in [1.165, 1.54) is 23.1 Å². The van der Waals surface area contributed by atoms with Gasteiger partial charge >= 0.3 is 18.3 Å². The van der Waals surface area contributed by atoms with Crippen molar-refractivity contribution in [2.45, 2.75) is 47.8 Å². The fourth-order valence-electron chi connectivity index (χ4n) is 5.01. The van der Waals surface area contributed by atoms with E-state index >= 15 is 0 Å². The van der Waals surface area contributed by atoms with Crippen molar-refractivity contribution >= 4 is 39.0 Å². The van der Waals surface area contributed by atoms with Gasteiger partial charge in [-0.05, 0) is 37.5 Å². The topological polar surface area (TPSA) is 98.2 Å². The molecule has 16 heteroatoms. The van der Waals surface area contributed by atoms with Crippen molar-refractivity contribution in [2.75, 3.05) is 44.2 Å². The first-order valence-corrected chi connectivity index (χ1v) is 13.6. The highest BCUT2D eigenvalue weighted by Crippen LogP contribution is 2.59. The molecule has 8 nitrogen and oxygen atoms in total. The van der Waals surface area contributed by atoms with E-state index in [1.807, 2.05) is 0 Å². The summed E-state index contributed by atoms with van der Waals surface area (Å²) < 4.78 is 105. The number of likely N-dealkylation sites (tertiary alicyclic amines) is 1. The van der Waals surface area contributed by atoms with Crippen molar-refractivity contribution < 1.29 is 49.5 Å². The molecule has 2 aliphatic heterocycles. The molecule has 0 radical (unpaired) electrons. The van der Waals surface area contributed by atoms with Gasteiger partial charge in [-0.3, -0.25) is 9.69 Å². The van der Waals surface area contributed by atoms with Gasteiger partial charge in [0.05, 0.1) is 21.7 Å². The molecule has 3 fully saturated rings. The van der Waals surface area contributed by atoms with Crippen LogP contribution < -0.4 is 4.90 Å². The number of hydrogen-bond acceptors (Lipinski definition) is 6. The van der Waals surface area contributed by atoms with Crippen LogP contribution in [0, 0.1) is 5.41 Å². The lowest BCUT2D eigenvalue weighted by Crippen LogP contribution is -2.49. The number of carbonyl (C=O) groups is 2. The van der Waals surface area contributed by atoms with Crippen LogP contribution in [0.3, 0.4) is 0 Å². The number of alkyl halides is 6. The van der Waals surface area contributed by atoms with Crippen molar-refractivity contribution in [1.82, 2.24) is 9.80 Å². The molecule has 2 saturated heterocycles. The Labute approximate surface area is 219 Å². The third kappa shape index (κ3) is 5.41. The molecule has 1 aliphatic carbocycles. The summed E-state index contributed by atoms with van der Waals surface area (Å²) in [5.41, 5.74) is -2.23. The first-order valence-electron chi connectivity index (χ1n) is 11.6. The Morgan fingerprint density at radius 1 is 1.05 bits per heavy atom. The number of rotatable bonds is 6. The molecule has 0 spiro atoms. The summed E-state index contributed by atoms with van der Waals surface area (Å²) in [6.07, 6.45) is -10.8. The molecule has 0 aromatic heterocycles. The second-order valence-corrected chi connectivity index (χ2v) is 12.4. The lowest BCUT2D eigenvalue weighted by Gasteiger charge is -2.36. The Kier molecular flexibility index (Phi) is 7.36. The fourth-order valence-corrected chi connectivity index (χ4v) is 7.25. The van der Waals surface area contributed by atoms with E-state index in [4.69, 9.17) is 11.6 Å². The molecule has 1 N–H and O–H groups in total. The summed E-state index contributed by atoms with van der Waals surface area (Å²) in [4.78, 5) is 27.6. The third-order valence-corrected chi connectivity index (χ3v) is 9.92. The maximum atomic E-state index is 13.5. The SMILES string of the molecule is O=C(O)[C@@H]1C[C@@H](S(=O)(=O)c2ccc(N3CCN(CC(F)(F)F)CC3)cc2Cl)CN1C(=O)C1(C(F)(F)F)CC1. The van der Waals surface area contributed by atoms with Gasteiger partial charge < -0.3 is 14.9 Å². The van der Waals surface area contributed by atoms with Crippen LogP contribution >= 0.6 is 11.6 Å². The second kappa shape index (κ2) is 9.73. The Morgan fingerprint density at radius 3 is 2.13 bits per heavy atom. The van der Waals surface area contributed by atoms with Gasteiger partial charge in [-0.25, -0.2) is 13.2 Å². The second-order valence-electron chi connectivity index (χ2n) is 9.79. The molecule has 1 aromatic rings. The molecule has 3 aliphatic rings. The van der Waals surface area contributed by atoms with Gasteiger partial charge in [0.2, 0.25) is 5.91 Å². The van der Waals surface area contributed by atoms with Crippen molar-refractivity contribution in [3.8, 4) is 0 Å². The smallest absolute Gasteiger partial charge is 0.403 e. The molecule has 2 atom stereocenters. The molecule has 212 valence electrons. The minimum absolute atomic E-state index is 0.124. The number of carboxylic acids is 1. The average molecular weight is 592 g/mol. The van der Waals surface area contributed by atoms with Gasteiger partial charge in [-0.15, -0.1) is 0 Å². The first-order chi connectivity index (χ1) is 17.5. The molecule has 1 amide bonds. The van der Waals surface area contributed by atoms with Gasteiger partial charge in [0.25, 0.3) is 0 Å². The highest BCUT2D eigenvalue weighted by atomic mass is 35.5. The molecule has 4 rings (SSSR count). The van der Waals surface area contributed by atoms with Crippen LogP contribution in [0.5, 0.6) is 0 Å². The van der Waals surface area contributed by atoms with Gasteiger partial charge in [-0.2, -0.15) is 26.3 Å². The number of hydrogen-bond donors (Lipinski definition) is 1. The summed E-state index contributed by atoms with van der Waals surface area (Å²) >= 11 is 6.26. The van der Waals surface area contributed by atoms with E-state index in [0.29, 0.717) is 10.6 Å². The van der Waals surface area contributed by atoms with E-state index < -0.39 is 83.1 Å². The molecule has 0 unspecified atom stereocenters. The van der Waals surface area contributed by atoms with E-state index in [1.54, 1.807) is 4.90 Å². The van der Waals surface area contributed by atoms with Crippen molar-refractivity contribution in [3.05, 3.63) is 23.2 Å². The van der Waals surface area contributed by atoms with Crippen molar-refractivity contribution in [1.29, 1.82) is 0 Å². The predicted octanol–water partition coefficient (Wildman–Crippen LogP) is 3.19. The van der Waals surface area contributed by atoms with Crippen LogP contribution in [0.4, 0.5) is 32.0 Å². The minimum Gasteiger partial charge on any atom is -0.480 e. The quantitative estimate of drug-likeness (QED) is 0.508. The normalized spacial score (nSPS) is 24.5. The maximum Gasteiger partial charge on any atom is 0.403 e. The number of halogens is 7. The molecular weight excluding hydrogens is 568 g/mol. The van der Waals surface area contributed by atoms with Gasteiger partial charge in [-0.1, -0.05) is 11.6 Å². The number of nitrogens with zero attached hydrogens (tertiary/aromatic N) is 3. The zero-order chi connectivity index (χ0) is 28.3. The number of sulfone groups is 1. The lowest BCUT2D eigenvalue weighted by molar-refractivity contribution is -0.199. The molecule has 1 aromatic carbocycles. The number of benzene rings is 1. The Bertz CT molecular complexity index is 1210. The van der Waals surface area contributed by atoms with Crippen LogP contribution in [-0.4, -0.2) is 98.1 Å². The number of carboxylic acid groups (broad SMARTS) is 1. The summed E-state index contributed by atoms with van der Waals surface area (Å²) in [6.45, 7) is -1.05. The molecule has 1 saturated carbocycles. The number of amides is 1. The average Bonchev–Trinajstić information content (AvgIpc) is 3.49. The molecule has 2 heterocycles. The van der Waals surface area contributed by atoms with Gasteiger partial charge in [0.1, 0.15) is 11.5 Å². The monoisotopic (exact) mass is 591 g/mol. The molecular formula is C22H24ClF6N3O5S. The zero-order valence-electron chi connectivity index (χ0n) is 19.7. The van der Waals surface area contributed by atoms with Crippen molar-refractivity contribution in [3.63, 3.8) is 0 Å². The van der Waals surface area contributed by atoms with Crippen molar-refractivity contribution in [2.24, 2.45) is 5.41 Å². The Hall–Kier alpha value is -2.26. The number of aliphatic carboxylic acids is 1.